The van der Waals surface area contributed by atoms with Crippen LogP contribution in [0.5, 0.6) is 0 Å². The molecule has 29 heavy (non-hydrogen) atoms. The Morgan fingerprint density at radius 1 is 1.17 bits per heavy atom. The lowest BCUT2D eigenvalue weighted by atomic mass is 9.99. The molecule has 4 rings (SSSR count). The maximum atomic E-state index is 14.3. The van der Waals surface area contributed by atoms with Crippen molar-refractivity contribution < 1.29 is 17.6 Å². The number of alkyl halides is 1. The van der Waals surface area contributed by atoms with E-state index in [9.17, 15) is 17.6 Å². The molecule has 154 valence electrons. The highest BCUT2D eigenvalue weighted by Crippen LogP contribution is 2.32. The summed E-state index contributed by atoms with van der Waals surface area (Å²) in [6.07, 6.45) is -0.805. The van der Waals surface area contributed by atoms with E-state index in [1.54, 1.807) is 17.9 Å². The summed E-state index contributed by atoms with van der Waals surface area (Å²) in [5.41, 5.74) is 2.97. The third kappa shape index (κ3) is 3.79. The number of aryl methyl sites for hydroxylation is 1. The molecule has 0 spiro atoms. The Bertz CT molecular complexity index is 1060. The van der Waals surface area contributed by atoms with Gasteiger partial charge in [-0.3, -0.25) is 4.79 Å². The van der Waals surface area contributed by atoms with Gasteiger partial charge in [-0.1, -0.05) is 41.9 Å². The molecule has 0 unspecified atom stereocenters. The first-order valence-corrected chi connectivity index (χ1v) is 11.4. The van der Waals surface area contributed by atoms with Crippen LogP contribution in [0.1, 0.15) is 23.1 Å². The van der Waals surface area contributed by atoms with Gasteiger partial charge in [-0.05, 0) is 42.2 Å². The molecule has 1 saturated heterocycles. The number of nitrogens with zero attached hydrogens (tertiary/aromatic N) is 2. The predicted molar refractivity (Wildman–Crippen MR) is 109 cm³/mol. The summed E-state index contributed by atoms with van der Waals surface area (Å²) in [5.74, 6) is -0.346. The summed E-state index contributed by atoms with van der Waals surface area (Å²) in [4.78, 5) is 14.8. The van der Waals surface area contributed by atoms with Gasteiger partial charge in [-0.15, -0.1) is 0 Å². The zero-order valence-electron chi connectivity index (χ0n) is 16.0. The Hall–Kier alpha value is -1.96. The zero-order valence-corrected chi connectivity index (χ0v) is 17.6. The fraction of sp³-hybridized carbons (Fsp3) is 0.381. The van der Waals surface area contributed by atoms with Gasteiger partial charge < -0.3 is 4.90 Å². The molecule has 0 saturated carbocycles. The van der Waals surface area contributed by atoms with E-state index in [0.717, 1.165) is 15.4 Å². The van der Waals surface area contributed by atoms with Gasteiger partial charge in [0.2, 0.25) is 15.9 Å². The normalized spacial score (nSPS) is 22.5. The van der Waals surface area contributed by atoms with Crippen LogP contribution in [0.25, 0.3) is 0 Å². The number of halogens is 2. The maximum Gasteiger partial charge on any atom is 0.243 e. The molecule has 1 fully saturated rings. The molecule has 5 nitrogen and oxygen atoms in total. The van der Waals surface area contributed by atoms with Crippen LogP contribution in [-0.2, 0) is 27.8 Å². The highest BCUT2D eigenvalue weighted by molar-refractivity contribution is 7.89. The SMILES string of the molecule is Cc1ccc(S(=O)(=O)N2C[C@@H](F)C[C@H]2C(=O)N2CCc3ccccc3C2)cc1Cl. The van der Waals surface area contributed by atoms with Gasteiger partial charge in [0.1, 0.15) is 12.2 Å². The van der Waals surface area contributed by atoms with Gasteiger partial charge >= 0.3 is 0 Å². The minimum Gasteiger partial charge on any atom is -0.337 e. The molecule has 1 amide bonds. The Kier molecular flexibility index (Phi) is 5.40. The Morgan fingerprint density at radius 2 is 1.90 bits per heavy atom. The van der Waals surface area contributed by atoms with Crippen LogP contribution in [0.2, 0.25) is 5.02 Å². The zero-order chi connectivity index (χ0) is 20.8. The molecule has 0 aliphatic carbocycles. The van der Waals surface area contributed by atoms with E-state index in [2.05, 4.69) is 0 Å². The summed E-state index contributed by atoms with van der Waals surface area (Å²) in [6, 6.07) is 11.2. The van der Waals surface area contributed by atoms with E-state index in [1.165, 1.54) is 17.7 Å². The van der Waals surface area contributed by atoms with Crippen LogP contribution in [0.4, 0.5) is 4.39 Å². The fourth-order valence-electron chi connectivity index (χ4n) is 4.01. The fourth-order valence-corrected chi connectivity index (χ4v) is 5.90. The third-order valence-electron chi connectivity index (χ3n) is 5.68. The lowest BCUT2D eigenvalue weighted by molar-refractivity contribution is -0.135. The van der Waals surface area contributed by atoms with Gasteiger partial charge in [0.25, 0.3) is 0 Å². The molecule has 8 heteroatoms. The lowest BCUT2D eigenvalue weighted by Gasteiger charge is -2.33. The first kappa shape index (κ1) is 20.3. The molecule has 2 aromatic carbocycles. The molecule has 0 aromatic heterocycles. The highest BCUT2D eigenvalue weighted by atomic mass is 35.5. The molecular formula is C21H22ClFN2O3S. The van der Waals surface area contributed by atoms with Crippen molar-refractivity contribution in [1.29, 1.82) is 0 Å². The number of carbonyl (C=O) groups is 1. The standard InChI is InChI=1S/C21H22ClFN2O3S/c1-14-6-7-18(11-19(14)22)29(27,28)25-13-17(23)10-20(25)21(26)24-9-8-15-4-2-3-5-16(15)12-24/h2-7,11,17,20H,8-10,12-13H2,1H3/t17-,20-/m0/s1. The molecule has 2 aliphatic heterocycles. The number of fused-ring (bicyclic) bond motifs is 1. The molecule has 0 bridgehead atoms. The summed E-state index contributed by atoms with van der Waals surface area (Å²) in [7, 11) is -4.04. The van der Waals surface area contributed by atoms with Crippen LogP contribution in [0, 0.1) is 6.92 Å². The average molecular weight is 437 g/mol. The molecular weight excluding hydrogens is 415 g/mol. The minimum atomic E-state index is -4.04. The van der Waals surface area contributed by atoms with E-state index in [0.29, 0.717) is 24.5 Å². The quantitative estimate of drug-likeness (QED) is 0.741. The van der Waals surface area contributed by atoms with Crippen LogP contribution in [-0.4, -0.2) is 48.8 Å². The summed E-state index contributed by atoms with van der Waals surface area (Å²) in [5, 5.41) is 0.317. The Morgan fingerprint density at radius 3 is 2.62 bits per heavy atom. The second kappa shape index (κ2) is 7.70. The second-order valence-corrected chi connectivity index (χ2v) is 9.91. The van der Waals surface area contributed by atoms with E-state index in [4.69, 9.17) is 11.6 Å². The van der Waals surface area contributed by atoms with Gasteiger partial charge in [0, 0.05) is 31.1 Å². The number of hydrogen-bond acceptors (Lipinski definition) is 3. The van der Waals surface area contributed by atoms with Gasteiger partial charge in [0.15, 0.2) is 0 Å². The average Bonchev–Trinajstić information content (AvgIpc) is 3.11. The van der Waals surface area contributed by atoms with E-state index in [-0.39, 0.29) is 23.8 Å². The highest BCUT2D eigenvalue weighted by Gasteiger charge is 2.45. The summed E-state index contributed by atoms with van der Waals surface area (Å²) < 4.78 is 41.6. The Balaban J connectivity index is 1.61. The number of sulfonamides is 1. The van der Waals surface area contributed by atoms with Crippen molar-refractivity contribution in [2.24, 2.45) is 0 Å². The summed E-state index contributed by atoms with van der Waals surface area (Å²) >= 11 is 6.09. The first-order chi connectivity index (χ1) is 13.8. The molecule has 2 atom stereocenters. The monoisotopic (exact) mass is 436 g/mol. The summed E-state index contributed by atoms with van der Waals surface area (Å²) in [6.45, 7) is 2.35. The predicted octanol–water partition coefficient (Wildman–Crippen LogP) is 3.33. The van der Waals surface area contributed by atoms with Crippen molar-refractivity contribution in [2.45, 2.75) is 43.4 Å². The number of hydrogen-bond donors (Lipinski definition) is 0. The second-order valence-electron chi connectivity index (χ2n) is 7.61. The van der Waals surface area contributed by atoms with Crippen molar-refractivity contribution in [2.75, 3.05) is 13.1 Å². The van der Waals surface area contributed by atoms with Crippen molar-refractivity contribution >= 4 is 27.5 Å². The minimum absolute atomic E-state index is 0.0241. The van der Waals surface area contributed by atoms with Gasteiger partial charge in [-0.2, -0.15) is 4.31 Å². The number of carbonyl (C=O) groups excluding carboxylic acids is 1. The third-order valence-corrected chi connectivity index (χ3v) is 7.96. The Labute approximate surface area is 175 Å². The maximum absolute atomic E-state index is 14.3. The molecule has 0 radical (unpaired) electrons. The van der Waals surface area contributed by atoms with E-state index < -0.39 is 22.2 Å². The van der Waals surface area contributed by atoms with Crippen LogP contribution in [0.15, 0.2) is 47.4 Å². The largest absolute Gasteiger partial charge is 0.337 e. The van der Waals surface area contributed by atoms with Crippen molar-refractivity contribution in [3.8, 4) is 0 Å². The molecule has 2 aromatic rings. The smallest absolute Gasteiger partial charge is 0.243 e. The van der Waals surface area contributed by atoms with Crippen LogP contribution >= 0.6 is 11.6 Å². The molecule has 2 heterocycles. The van der Waals surface area contributed by atoms with Crippen molar-refractivity contribution in [3.05, 3.63) is 64.2 Å². The van der Waals surface area contributed by atoms with E-state index >= 15 is 0 Å². The topological polar surface area (TPSA) is 57.7 Å². The van der Waals surface area contributed by atoms with E-state index in [1.807, 2.05) is 24.3 Å². The molecule has 2 aliphatic rings. The first-order valence-electron chi connectivity index (χ1n) is 9.55. The van der Waals surface area contributed by atoms with Crippen molar-refractivity contribution in [1.82, 2.24) is 9.21 Å². The van der Waals surface area contributed by atoms with Crippen LogP contribution in [0.3, 0.4) is 0 Å². The number of benzene rings is 2. The lowest BCUT2D eigenvalue weighted by Crippen LogP contribution is -2.49. The number of rotatable bonds is 3. The number of amides is 1. The molecule has 0 N–H and O–H groups in total. The van der Waals surface area contributed by atoms with Gasteiger partial charge in [0.05, 0.1) is 4.90 Å². The van der Waals surface area contributed by atoms with Crippen LogP contribution < -0.4 is 0 Å². The van der Waals surface area contributed by atoms with Crippen molar-refractivity contribution in [3.63, 3.8) is 0 Å². The van der Waals surface area contributed by atoms with Gasteiger partial charge in [-0.25, -0.2) is 12.8 Å².